The van der Waals surface area contributed by atoms with Gasteiger partial charge in [0.05, 0.1) is 5.56 Å². The summed E-state index contributed by atoms with van der Waals surface area (Å²) in [7, 11) is 0. The van der Waals surface area contributed by atoms with Gasteiger partial charge in [0.2, 0.25) is 0 Å². The molecule has 1 amide bonds. The van der Waals surface area contributed by atoms with E-state index < -0.39 is 11.9 Å². The Bertz CT molecular complexity index is 756. The van der Waals surface area contributed by atoms with E-state index in [1.807, 2.05) is 12.1 Å². The van der Waals surface area contributed by atoms with Crippen molar-refractivity contribution in [2.45, 2.75) is 6.92 Å². The first-order valence-corrected chi connectivity index (χ1v) is 7.52. The van der Waals surface area contributed by atoms with Gasteiger partial charge in [-0.2, -0.15) is 0 Å². The molecule has 0 fully saturated rings. The van der Waals surface area contributed by atoms with Crippen LogP contribution in [0.1, 0.15) is 16.1 Å². The third-order valence-electron chi connectivity index (χ3n) is 3.52. The summed E-state index contributed by atoms with van der Waals surface area (Å²) in [5, 5.41) is 6.11. The molecule has 0 atom stereocenters. The zero-order valence-corrected chi connectivity index (χ0v) is 13.2. The summed E-state index contributed by atoms with van der Waals surface area (Å²) >= 11 is 0. The number of amides is 1. The minimum Gasteiger partial charge on any atom is -0.452 e. The highest BCUT2D eigenvalue weighted by molar-refractivity contribution is 5.95. The van der Waals surface area contributed by atoms with Crippen molar-refractivity contribution in [3.8, 4) is 0 Å². The smallest absolute Gasteiger partial charge is 0.338 e. The highest BCUT2D eigenvalue weighted by Gasteiger charge is 2.13. The van der Waals surface area contributed by atoms with Crippen LogP contribution < -0.4 is 10.2 Å². The summed E-state index contributed by atoms with van der Waals surface area (Å²) in [6, 6.07) is 8.68. The normalized spacial score (nSPS) is 13.1. The van der Waals surface area contributed by atoms with E-state index in [1.165, 1.54) is 0 Å². The Kier molecular flexibility index (Phi) is 4.60. The summed E-state index contributed by atoms with van der Waals surface area (Å²) < 4.78 is 9.83. The van der Waals surface area contributed by atoms with Gasteiger partial charge in [0, 0.05) is 24.8 Å². The molecule has 0 spiro atoms. The molecule has 124 valence electrons. The largest absolute Gasteiger partial charge is 0.452 e. The van der Waals surface area contributed by atoms with Crippen LogP contribution in [0, 0.1) is 6.92 Å². The summed E-state index contributed by atoms with van der Waals surface area (Å²) in [6.45, 7) is 3.06. The Morgan fingerprint density at radius 3 is 2.58 bits per heavy atom. The standard InChI is InChI=1S/C17H17N3O4/c1-12-10-15(19-24-12)18-16(21)11-23-17(22)13-4-6-14(7-5-13)20-8-2-3-9-20/h2-7,10H,8-9,11H2,1H3,(H,18,19,21). The van der Waals surface area contributed by atoms with Crippen molar-refractivity contribution in [3.63, 3.8) is 0 Å². The predicted molar refractivity (Wildman–Crippen MR) is 87.9 cm³/mol. The number of benzene rings is 1. The number of aromatic nitrogens is 1. The van der Waals surface area contributed by atoms with Crippen molar-refractivity contribution in [2.75, 3.05) is 29.9 Å². The predicted octanol–water partition coefficient (Wildman–Crippen LogP) is 2.15. The van der Waals surface area contributed by atoms with Crippen LogP contribution in [-0.4, -0.2) is 36.7 Å². The van der Waals surface area contributed by atoms with E-state index in [0.29, 0.717) is 11.3 Å². The lowest BCUT2D eigenvalue weighted by Gasteiger charge is -2.17. The van der Waals surface area contributed by atoms with Crippen LogP contribution in [0.4, 0.5) is 11.5 Å². The molecule has 1 aliphatic rings. The number of nitrogens with one attached hydrogen (secondary N) is 1. The molecule has 7 heteroatoms. The van der Waals surface area contributed by atoms with Crippen molar-refractivity contribution in [1.82, 2.24) is 5.16 Å². The number of anilines is 2. The number of carbonyl (C=O) groups is 2. The molecule has 2 aromatic rings. The van der Waals surface area contributed by atoms with Gasteiger partial charge in [0.15, 0.2) is 12.4 Å². The third-order valence-corrected chi connectivity index (χ3v) is 3.52. The Morgan fingerprint density at radius 1 is 1.25 bits per heavy atom. The molecule has 24 heavy (non-hydrogen) atoms. The molecule has 0 aliphatic carbocycles. The molecule has 1 aliphatic heterocycles. The quantitative estimate of drug-likeness (QED) is 0.669. The average molecular weight is 327 g/mol. The lowest BCUT2D eigenvalue weighted by molar-refractivity contribution is -0.119. The molecule has 1 aromatic heterocycles. The first kappa shape index (κ1) is 15.8. The van der Waals surface area contributed by atoms with E-state index in [2.05, 4.69) is 27.5 Å². The third kappa shape index (κ3) is 3.81. The fourth-order valence-corrected chi connectivity index (χ4v) is 2.32. The fraction of sp³-hybridized carbons (Fsp3) is 0.235. The molecule has 0 radical (unpaired) electrons. The van der Waals surface area contributed by atoms with Gasteiger partial charge >= 0.3 is 5.97 Å². The van der Waals surface area contributed by atoms with Crippen LogP contribution in [0.5, 0.6) is 0 Å². The molecule has 1 N–H and O–H groups in total. The van der Waals surface area contributed by atoms with E-state index in [-0.39, 0.29) is 12.4 Å². The fourth-order valence-electron chi connectivity index (χ4n) is 2.32. The molecular weight excluding hydrogens is 310 g/mol. The first-order chi connectivity index (χ1) is 11.6. The van der Waals surface area contributed by atoms with E-state index in [9.17, 15) is 9.59 Å². The van der Waals surface area contributed by atoms with Crippen LogP contribution >= 0.6 is 0 Å². The number of rotatable bonds is 5. The van der Waals surface area contributed by atoms with Crippen molar-refractivity contribution in [2.24, 2.45) is 0 Å². The lowest BCUT2D eigenvalue weighted by atomic mass is 10.2. The van der Waals surface area contributed by atoms with Gasteiger partial charge in [-0.05, 0) is 31.2 Å². The minimum atomic E-state index is -0.549. The molecule has 1 aromatic carbocycles. The highest BCUT2D eigenvalue weighted by Crippen LogP contribution is 2.18. The van der Waals surface area contributed by atoms with E-state index in [4.69, 9.17) is 9.26 Å². The lowest BCUT2D eigenvalue weighted by Crippen LogP contribution is -2.21. The zero-order chi connectivity index (χ0) is 16.9. The molecule has 0 saturated carbocycles. The van der Waals surface area contributed by atoms with Gasteiger partial charge in [-0.15, -0.1) is 0 Å². The SMILES string of the molecule is Cc1cc(NC(=O)COC(=O)c2ccc(N3CC=CC3)cc2)no1. The Morgan fingerprint density at radius 2 is 1.96 bits per heavy atom. The number of nitrogens with zero attached hydrogens (tertiary/aromatic N) is 2. The van der Waals surface area contributed by atoms with Gasteiger partial charge < -0.3 is 19.5 Å². The Hall–Kier alpha value is -3.09. The molecule has 3 rings (SSSR count). The summed E-state index contributed by atoms with van der Waals surface area (Å²) in [5.74, 6) is -0.156. The molecule has 2 heterocycles. The zero-order valence-electron chi connectivity index (χ0n) is 13.2. The number of aryl methyl sites for hydroxylation is 1. The maximum atomic E-state index is 12.0. The van der Waals surface area contributed by atoms with Crippen LogP contribution in [0.3, 0.4) is 0 Å². The second-order valence-corrected chi connectivity index (χ2v) is 5.37. The second-order valence-electron chi connectivity index (χ2n) is 5.37. The van der Waals surface area contributed by atoms with Gasteiger partial charge in [-0.25, -0.2) is 4.79 Å². The van der Waals surface area contributed by atoms with Crippen molar-refractivity contribution >= 4 is 23.4 Å². The van der Waals surface area contributed by atoms with Crippen molar-refractivity contribution in [3.05, 3.63) is 53.8 Å². The van der Waals surface area contributed by atoms with Gasteiger partial charge in [0.1, 0.15) is 5.76 Å². The maximum absolute atomic E-state index is 12.0. The molecule has 7 nitrogen and oxygen atoms in total. The number of hydrogen-bond donors (Lipinski definition) is 1. The van der Waals surface area contributed by atoms with Crippen LogP contribution in [0.15, 0.2) is 47.0 Å². The van der Waals surface area contributed by atoms with Crippen molar-refractivity contribution in [1.29, 1.82) is 0 Å². The van der Waals surface area contributed by atoms with E-state index in [1.54, 1.807) is 25.1 Å². The molecule has 0 unspecified atom stereocenters. The average Bonchev–Trinajstić information content (AvgIpc) is 3.25. The van der Waals surface area contributed by atoms with Gasteiger partial charge in [0.25, 0.3) is 5.91 Å². The number of esters is 1. The van der Waals surface area contributed by atoms with Gasteiger partial charge in [-0.3, -0.25) is 4.79 Å². The van der Waals surface area contributed by atoms with Crippen LogP contribution in [0.25, 0.3) is 0 Å². The van der Waals surface area contributed by atoms with Gasteiger partial charge in [-0.1, -0.05) is 17.3 Å². The summed E-state index contributed by atoms with van der Waals surface area (Å²) in [4.78, 5) is 25.8. The monoisotopic (exact) mass is 327 g/mol. The second kappa shape index (κ2) is 6.99. The topological polar surface area (TPSA) is 84.7 Å². The van der Waals surface area contributed by atoms with Crippen LogP contribution in [0.2, 0.25) is 0 Å². The maximum Gasteiger partial charge on any atom is 0.338 e. The molecule has 0 saturated heterocycles. The van der Waals surface area contributed by atoms with E-state index in [0.717, 1.165) is 18.8 Å². The molecule has 0 bridgehead atoms. The van der Waals surface area contributed by atoms with Crippen LogP contribution in [-0.2, 0) is 9.53 Å². The highest BCUT2D eigenvalue weighted by atomic mass is 16.5. The summed E-state index contributed by atoms with van der Waals surface area (Å²) in [6.07, 6.45) is 4.19. The van der Waals surface area contributed by atoms with E-state index >= 15 is 0 Å². The molecular formula is C17H17N3O4. The van der Waals surface area contributed by atoms with Crippen molar-refractivity contribution < 1.29 is 18.8 Å². The number of ether oxygens (including phenoxy) is 1. The first-order valence-electron chi connectivity index (χ1n) is 7.52. The minimum absolute atomic E-state index is 0.289. The summed E-state index contributed by atoms with van der Waals surface area (Å²) in [5.41, 5.74) is 1.44. The number of carbonyl (C=O) groups excluding carboxylic acids is 2. The Labute approximate surface area is 138 Å². The Balaban J connectivity index is 1.50. The number of hydrogen-bond acceptors (Lipinski definition) is 6.